The van der Waals surface area contributed by atoms with Crippen LogP contribution < -0.4 is 19.1 Å². The van der Waals surface area contributed by atoms with Crippen LogP contribution in [-0.2, 0) is 26.6 Å². The molecule has 1 amide bonds. The molecule has 0 radical (unpaired) electrons. The molecule has 0 saturated heterocycles. The second kappa shape index (κ2) is 12.5. The Hall–Kier alpha value is -4.19. The van der Waals surface area contributed by atoms with Crippen LogP contribution in [0, 0.1) is 0 Å². The van der Waals surface area contributed by atoms with Crippen LogP contribution in [0.4, 0.5) is 11.4 Å². The molecule has 4 aromatic carbocycles. The summed E-state index contributed by atoms with van der Waals surface area (Å²) in [6, 6.07) is 27.4. The number of amides is 1. The van der Waals surface area contributed by atoms with Crippen molar-refractivity contribution < 1.29 is 26.4 Å². The molecule has 0 aliphatic carbocycles. The molecule has 0 bridgehead atoms. The molecule has 0 fully saturated rings. The van der Waals surface area contributed by atoms with Gasteiger partial charge in [-0.25, -0.2) is 21.6 Å². The zero-order valence-corrected chi connectivity index (χ0v) is 24.4. The van der Waals surface area contributed by atoms with Gasteiger partial charge in [0.05, 0.1) is 34.8 Å². The van der Waals surface area contributed by atoms with Crippen molar-refractivity contribution in [1.82, 2.24) is 4.72 Å². The van der Waals surface area contributed by atoms with Crippen molar-refractivity contribution in [2.24, 2.45) is 0 Å². The van der Waals surface area contributed by atoms with Gasteiger partial charge in [0.2, 0.25) is 10.0 Å². The lowest BCUT2D eigenvalue weighted by Gasteiger charge is -2.25. The Balaban J connectivity index is 1.57. The van der Waals surface area contributed by atoms with Crippen LogP contribution in [0.15, 0.2) is 113 Å². The van der Waals surface area contributed by atoms with Crippen LogP contribution >= 0.6 is 0 Å². The molecule has 0 spiro atoms. The molecule has 0 saturated carbocycles. The zero-order chi connectivity index (χ0) is 29.6. The third kappa shape index (κ3) is 7.12. The van der Waals surface area contributed by atoms with Gasteiger partial charge in [-0.1, -0.05) is 48.5 Å². The van der Waals surface area contributed by atoms with Gasteiger partial charge in [-0.3, -0.25) is 9.10 Å². The van der Waals surface area contributed by atoms with Crippen molar-refractivity contribution in [2.75, 3.05) is 16.7 Å². The molecule has 0 unspecified atom stereocenters. The maximum absolute atomic E-state index is 13.5. The molecule has 9 nitrogen and oxygen atoms in total. The van der Waals surface area contributed by atoms with Crippen LogP contribution in [0.1, 0.15) is 29.8 Å². The standard InChI is InChI=1S/C30H31N3O6S2/c1-22(2)32-40(35,36)27-18-19-29(39-3)28(20-27)31-30(34)24-16-14-23(15-17-24)21-33(25-10-6-4-7-11-25)41(37,38)26-12-8-5-9-13-26/h4-20,22,32H,21H2,1-3H3,(H,31,34). The summed E-state index contributed by atoms with van der Waals surface area (Å²) in [5.74, 6) is -0.193. The highest BCUT2D eigenvalue weighted by molar-refractivity contribution is 7.92. The van der Waals surface area contributed by atoms with E-state index in [1.807, 2.05) is 6.07 Å². The second-order valence-electron chi connectivity index (χ2n) is 9.45. The van der Waals surface area contributed by atoms with E-state index in [9.17, 15) is 21.6 Å². The fourth-order valence-electron chi connectivity index (χ4n) is 4.08. The number of anilines is 2. The number of sulfonamides is 2. The Kier molecular flexibility index (Phi) is 9.11. The van der Waals surface area contributed by atoms with Gasteiger partial charge in [-0.05, 0) is 74.0 Å². The van der Waals surface area contributed by atoms with E-state index in [1.165, 1.54) is 29.6 Å². The molecule has 2 N–H and O–H groups in total. The van der Waals surface area contributed by atoms with Gasteiger partial charge in [0.15, 0.2) is 0 Å². The molecule has 0 aliphatic rings. The average molecular weight is 594 g/mol. The predicted molar refractivity (Wildman–Crippen MR) is 159 cm³/mol. The molecule has 0 heterocycles. The molecule has 0 aliphatic heterocycles. The summed E-state index contributed by atoms with van der Waals surface area (Å²) in [5.41, 5.74) is 1.65. The minimum atomic E-state index is -3.87. The van der Waals surface area contributed by atoms with Gasteiger partial charge in [0, 0.05) is 11.6 Å². The van der Waals surface area contributed by atoms with Crippen LogP contribution in [0.3, 0.4) is 0 Å². The van der Waals surface area contributed by atoms with Gasteiger partial charge >= 0.3 is 0 Å². The molecule has 4 rings (SSSR count). The van der Waals surface area contributed by atoms with Gasteiger partial charge in [0.1, 0.15) is 5.75 Å². The summed E-state index contributed by atoms with van der Waals surface area (Å²) in [4.78, 5) is 13.2. The van der Waals surface area contributed by atoms with E-state index in [-0.39, 0.29) is 28.1 Å². The lowest BCUT2D eigenvalue weighted by Crippen LogP contribution is -2.30. The van der Waals surface area contributed by atoms with Crippen molar-refractivity contribution in [2.45, 2.75) is 36.2 Å². The third-order valence-electron chi connectivity index (χ3n) is 6.04. The fraction of sp³-hybridized carbons (Fsp3) is 0.167. The van der Waals surface area contributed by atoms with E-state index in [1.54, 1.807) is 92.7 Å². The summed E-state index contributed by atoms with van der Waals surface area (Å²) in [6.07, 6.45) is 0. The normalized spacial score (nSPS) is 11.7. The Morgan fingerprint density at radius 3 is 2.00 bits per heavy atom. The van der Waals surface area contributed by atoms with E-state index in [0.29, 0.717) is 22.6 Å². The topological polar surface area (TPSA) is 122 Å². The number of ether oxygens (including phenoxy) is 1. The van der Waals surface area contributed by atoms with Gasteiger partial charge in [0.25, 0.3) is 15.9 Å². The Bertz CT molecular complexity index is 1710. The summed E-state index contributed by atoms with van der Waals surface area (Å²) in [7, 11) is -6.24. The van der Waals surface area contributed by atoms with E-state index in [4.69, 9.17) is 4.74 Å². The van der Waals surface area contributed by atoms with Gasteiger partial charge in [-0.2, -0.15) is 0 Å². The molecule has 11 heteroatoms. The molecule has 0 atom stereocenters. The monoisotopic (exact) mass is 593 g/mol. The van der Waals surface area contributed by atoms with Crippen LogP contribution in [-0.4, -0.2) is 35.9 Å². The Labute approximate surface area is 240 Å². The lowest BCUT2D eigenvalue weighted by atomic mass is 10.1. The number of rotatable bonds is 11. The molecular weight excluding hydrogens is 562 g/mol. The maximum atomic E-state index is 13.5. The summed E-state index contributed by atoms with van der Waals surface area (Å²) >= 11 is 0. The highest BCUT2D eigenvalue weighted by Crippen LogP contribution is 2.29. The van der Waals surface area contributed by atoms with Gasteiger partial charge in [-0.15, -0.1) is 0 Å². The molecule has 41 heavy (non-hydrogen) atoms. The number of hydrogen-bond acceptors (Lipinski definition) is 6. The number of nitrogens with one attached hydrogen (secondary N) is 2. The Morgan fingerprint density at radius 2 is 1.41 bits per heavy atom. The van der Waals surface area contributed by atoms with E-state index < -0.39 is 26.0 Å². The van der Waals surface area contributed by atoms with Crippen LogP contribution in [0.5, 0.6) is 5.75 Å². The second-order valence-corrected chi connectivity index (χ2v) is 13.0. The number of carbonyl (C=O) groups excluding carboxylic acids is 1. The van der Waals surface area contributed by atoms with Crippen molar-refractivity contribution in [1.29, 1.82) is 0 Å². The van der Waals surface area contributed by atoms with E-state index in [0.717, 1.165) is 0 Å². The number of para-hydroxylation sites is 1. The number of carbonyl (C=O) groups is 1. The van der Waals surface area contributed by atoms with Crippen molar-refractivity contribution >= 4 is 37.3 Å². The quantitative estimate of drug-likeness (QED) is 0.252. The number of nitrogens with zero attached hydrogens (tertiary/aromatic N) is 1. The third-order valence-corrected chi connectivity index (χ3v) is 9.48. The molecule has 0 aromatic heterocycles. The van der Waals surface area contributed by atoms with Crippen LogP contribution in [0.25, 0.3) is 0 Å². The lowest BCUT2D eigenvalue weighted by molar-refractivity contribution is 0.102. The zero-order valence-electron chi connectivity index (χ0n) is 22.8. The Morgan fingerprint density at radius 1 is 0.805 bits per heavy atom. The maximum Gasteiger partial charge on any atom is 0.264 e. The highest BCUT2D eigenvalue weighted by atomic mass is 32.2. The number of methoxy groups -OCH3 is 1. The van der Waals surface area contributed by atoms with Crippen molar-refractivity contribution in [3.8, 4) is 5.75 Å². The summed E-state index contributed by atoms with van der Waals surface area (Å²) < 4.78 is 61.5. The first-order valence-corrected chi connectivity index (χ1v) is 15.7. The molecule has 214 valence electrons. The largest absolute Gasteiger partial charge is 0.495 e. The molecule has 4 aromatic rings. The van der Waals surface area contributed by atoms with E-state index in [2.05, 4.69) is 10.0 Å². The number of benzene rings is 4. The SMILES string of the molecule is COc1ccc(S(=O)(=O)NC(C)C)cc1NC(=O)c1ccc(CN(c2ccccc2)S(=O)(=O)c2ccccc2)cc1. The predicted octanol–water partition coefficient (Wildman–Crippen LogP) is 5.03. The highest BCUT2D eigenvalue weighted by Gasteiger charge is 2.25. The minimum Gasteiger partial charge on any atom is -0.495 e. The summed E-state index contributed by atoms with van der Waals surface area (Å²) in [5, 5.41) is 2.71. The minimum absolute atomic E-state index is 0.0155. The fourth-order valence-corrected chi connectivity index (χ4v) is 6.83. The first-order chi connectivity index (χ1) is 19.5. The van der Waals surface area contributed by atoms with Crippen molar-refractivity contribution in [3.63, 3.8) is 0 Å². The first kappa shape index (κ1) is 29.8. The summed E-state index contributed by atoms with van der Waals surface area (Å²) in [6.45, 7) is 3.47. The van der Waals surface area contributed by atoms with E-state index >= 15 is 0 Å². The number of hydrogen-bond donors (Lipinski definition) is 2. The smallest absolute Gasteiger partial charge is 0.264 e. The first-order valence-electron chi connectivity index (χ1n) is 12.7. The molecular formula is C30H31N3O6S2. The average Bonchev–Trinajstić information content (AvgIpc) is 2.96. The van der Waals surface area contributed by atoms with Gasteiger partial charge < -0.3 is 10.1 Å². The van der Waals surface area contributed by atoms with Crippen LogP contribution in [0.2, 0.25) is 0 Å². The van der Waals surface area contributed by atoms with Crippen molar-refractivity contribution in [3.05, 3.63) is 114 Å².